The molecule has 1 aromatic heterocycles. The van der Waals surface area contributed by atoms with E-state index in [1.807, 2.05) is 24.3 Å². The Morgan fingerprint density at radius 3 is 2.79 bits per heavy atom. The molecule has 4 nitrogen and oxygen atoms in total. The number of aromatic nitrogens is 1. The molecule has 0 aliphatic carbocycles. The zero-order valence-electron chi connectivity index (χ0n) is 14.1. The molecule has 0 bridgehead atoms. The Labute approximate surface area is 150 Å². The second-order valence-corrected chi connectivity index (χ2v) is 7.34. The molecule has 0 amide bonds. The number of nitrogens with one attached hydrogen (secondary N) is 1. The Balaban J connectivity index is 1.82. The average Bonchev–Trinajstić information content (AvgIpc) is 2.91. The van der Waals surface area contributed by atoms with Gasteiger partial charge in [0.25, 0.3) is 0 Å². The smallest absolute Gasteiger partial charge is 0.178 e. The lowest BCUT2D eigenvalue weighted by atomic mass is 9.84. The van der Waals surface area contributed by atoms with Gasteiger partial charge in [-0.15, -0.1) is 0 Å². The Bertz CT molecular complexity index is 763. The number of ketones is 1. The van der Waals surface area contributed by atoms with Crippen molar-refractivity contribution in [1.82, 2.24) is 10.3 Å². The number of benzene rings is 1. The number of Topliss-reactive ketones (excluding diaryl/α,β-unsaturated/α-hetero) is 1. The highest BCUT2D eigenvalue weighted by atomic mass is 79.9. The van der Waals surface area contributed by atoms with Gasteiger partial charge in [0.2, 0.25) is 0 Å². The third-order valence-electron chi connectivity index (χ3n) is 4.58. The largest absolute Gasteiger partial charge is 0.489 e. The summed E-state index contributed by atoms with van der Waals surface area (Å²) in [7, 11) is 0. The second kappa shape index (κ2) is 6.65. The molecule has 1 N–H and O–H groups in total. The van der Waals surface area contributed by atoms with Gasteiger partial charge in [0.1, 0.15) is 10.3 Å². The van der Waals surface area contributed by atoms with Gasteiger partial charge in [0.05, 0.1) is 6.61 Å². The Morgan fingerprint density at radius 2 is 2.12 bits per heavy atom. The lowest BCUT2D eigenvalue weighted by Gasteiger charge is -2.26. The Hall–Kier alpha value is -1.72. The summed E-state index contributed by atoms with van der Waals surface area (Å²) >= 11 is 3.43. The molecule has 0 saturated heterocycles. The van der Waals surface area contributed by atoms with Crippen LogP contribution < -0.4 is 10.1 Å². The molecular formula is C19H21BrN2O2. The molecule has 0 fully saturated rings. The van der Waals surface area contributed by atoms with Gasteiger partial charge in [-0.05, 0) is 34.5 Å². The molecule has 2 atom stereocenters. The molecule has 1 aliphatic rings. The summed E-state index contributed by atoms with van der Waals surface area (Å²) in [5.41, 5.74) is 2.55. The predicted molar refractivity (Wildman–Crippen MR) is 97.6 cm³/mol. The van der Waals surface area contributed by atoms with Crippen LogP contribution in [-0.4, -0.2) is 23.9 Å². The van der Waals surface area contributed by atoms with Crippen molar-refractivity contribution in [3.05, 3.63) is 57.8 Å². The molecule has 0 radical (unpaired) electrons. The van der Waals surface area contributed by atoms with Gasteiger partial charge in [-0.3, -0.25) is 4.79 Å². The molecule has 0 unspecified atom stereocenters. The van der Waals surface area contributed by atoms with E-state index >= 15 is 0 Å². The number of halogens is 1. The van der Waals surface area contributed by atoms with E-state index < -0.39 is 0 Å². The van der Waals surface area contributed by atoms with E-state index in [1.165, 1.54) is 12.5 Å². The van der Waals surface area contributed by atoms with Crippen LogP contribution in [0.25, 0.3) is 0 Å². The molecule has 0 saturated carbocycles. The van der Waals surface area contributed by atoms with Crippen molar-refractivity contribution in [2.45, 2.75) is 32.2 Å². The van der Waals surface area contributed by atoms with Gasteiger partial charge in [-0.2, -0.15) is 0 Å². The van der Waals surface area contributed by atoms with Crippen LogP contribution in [0.3, 0.4) is 0 Å². The number of hydrogen-bond donors (Lipinski definition) is 1. The van der Waals surface area contributed by atoms with E-state index in [-0.39, 0.29) is 17.2 Å². The van der Waals surface area contributed by atoms with Crippen LogP contribution >= 0.6 is 15.9 Å². The highest BCUT2D eigenvalue weighted by molar-refractivity contribution is 9.10. The first-order valence-electron chi connectivity index (χ1n) is 8.04. The van der Waals surface area contributed by atoms with E-state index in [0.717, 1.165) is 17.9 Å². The highest BCUT2D eigenvalue weighted by Gasteiger charge is 2.38. The van der Waals surface area contributed by atoms with Gasteiger partial charge in [0, 0.05) is 30.5 Å². The van der Waals surface area contributed by atoms with Crippen molar-refractivity contribution in [1.29, 1.82) is 0 Å². The standard InChI is InChI=1S/C19H21BrN2O2/c1-12(14-7-5-4-6-8-14)21-10-19(3)11-24-17-15(19)9-16(13(2)23)22-18(17)20/h4-9,12,21H,10-11H2,1-3H3/t12-,19+/m0/s1. The fraction of sp³-hybridized carbons (Fsp3) is 0.368. The maximum atomic E-state index is 11.7. The van der Waals surface area contributed by atoms with Gasteiger partial charge >= 0.3 is 0 Å². The fourth-order valence-corrected chi connectivity index (χ4v) is 3.48. The Kier molecular flexibility index (Phi) is 4.74. The first kappa shape index (κ1) is 17.1. The van der Waals surface area contributed by atoms with Crippen molar-refractivity contribution in [3.8, 4) is 5.75 Å². The van der Waals surface area contributed by atoms with Crippen molar-refractivity contribution in [3.63, 3.8) is 0 Å². The average molecular weight is 389 g/mol. The van der Waals surface area contributed by atoms with Crippen molar-refractivity contribution >= 4 is 21.7 Å². The zero-order valence-corrected chi connectivity index (χ0v) is 15.7. The van der Waals surface area contributed by atoms with Crippen LogP contribution in [0, 0.1) is 0 Å². The van der Waals surface area contributed by atoms with Crippen LogP contribution in [0.4, 0.5) is 0 Å². The zero-order chi connectivity index (χ0) is 17.3. The summed E-state index contributed by atoms with van der Waals surface area (Å²) in [5.74, 6) is 0.704. The third kappa shape index (κ3) is 3.23. The number of nitrogens with zero attached hydrogens (tertiary/aromatic N) is 1. The molecule has 1 aliphatic heterocycles. The summed E-state index contributed by atoms with van der Waals surface area (Å²) in [6, 6.07) is 12.5. The van der Waals surface area contributed by atoms with E-state index in [0.29, 0.717) is 16.9 Å². The van der Waals surface area contributed by atoms with Crippen LogP contribution in [0.5, 0.6) is 5.75 Å². The molecule has 5 heteroatoms. The monoisotopic (exact) mass is 388 g/mol. The van der Waals surface area contributed by atoms with E-state index in [1.54, 1.807) is 0 Å². The number of hydrogen-bond acceptors (Lipinski definition) is 4. The lowest BCUT2D eigenvalue weighted by Crippen LogP contribution is -2.38. The first-order valence-corrected chi connectivity index (χ1v) is 8.83. The number of carbonyl (C=O) groups excluding carboxylic acids is 1. The minimum absolute atomic E-state index is 0.0432. The van der Waals surface area contributed by atoms with Crippen LogP contribution in [0.2, 0.25) is 0 Å². The predicted octanol–water partition coefficient (Wildman–Crippen LogP) is 4.05. The summed E-state index contributed by atoms with van der Waals surface area (Å²) in [4.78, 5) is 16.0. The van der Waals surface area contributed by atoms with Crippen LogP contribution in [0.15, 0.2) is 41.0 Å². The summed E-state index contributed by atoms with van der Waals surface area (Å²) in [6.45, 7) is 7.16. The van der Waals surface area contributed by atoms with Crippen LogP contribution in [-0.2, 0) is 5.41 Å². The van der Waals surface area contributed by atoms with Crippen LogP contribution in [0.1, 0.15) is 48.4 Å². The molecule has 2 aromatic rings. The second-order valence-electron chi connectivity index (χ2n) is 6.59. The van der Waals surface area contributed by atoms with E-state index in [9.17, 15) is 4.79 Å². The minimum Gasteiger partial charge on any atom is -0.489 e. The Morgan fingerprint density at radius 1 is 1.42 bits per heavy atom. The first-order chi connectivity index (χ1) is 11.4. The number of ether oxygens (including phenoxy) is 1. The van der Waals surface area contributed by atoms with Gasteiger partial charge in [-0.25, -0.2) is 4.98 Å². The number of carbonyl (C=O) groups is 1. The minimum atomic E-state index is -0.200. The van der Waals surface area contributed by atoms with Crippen molar-refractivity contribution in [2.75, 3.05) is 13.2 Å². The number of pyridine rings is 1. The number of fused-ring (bicyclic) bond motifs is 1. The molecule has 0 spiro atoms. The third-order valence-corrected chi connectivity index (χ3v) is 5.11. The maximum absolute atomic E-state index is 11.7. The topological polar surface area (TPSA) is 51.2 Å². The lowest BCUT2D eigenvalue weighted by molar-refractivity contribution is 0.101. The summed E-state index contributed by atoms with van der Waals surface area (Å²) in [6.07, 6.45) is 0. The SMILES string of the molecule is CC(=O)c1cc2c(c(Br)n1)OC[C@@]2(C)CN[C@@H](C)c1ccccc1. The molecule has 3 rings (SSSR count). The molecule has 1 aromatic carbocycles. The molecule has 2 heterocycles. The number of rotatable bonds is 5. The summed E-state index contributed by atoms with van der Waals surface area (Å²) < 4.78 is 6.46. The van der Waals surface area contributed by atoms with Gasteiger partial charge in [-0.1, -0.05) is 37.3 Å². The maximum Gasteiger partial charge on any atom is 0.178 e. The van der Waals surface area contributed by atoms with E-state index in [2.05, 4.69) is 52.2 Å². The quantitative estimate of drug-likeness (QED) is 0.619. The molecule has 126 valence electrons. The fourth-order valence-electron chi connectivity index (χ4n) is 2.96. The summed E-state index contributed by atoms with van der Waals surface area (Å²) in [5, 5.41) is 3.59. The van der Waals surface area contributed by atoms with Crippen molar-refractivity contribution < 1.29 is 9.53 Å². The van der Waals surface area contributed by atoms with Gasteiger partial charge in [0.15, 0.2) is 11.5 Å². The molecule has 24 heavy (non-hydrogen) atoms. The normalized spacial score (nSPS) is 20.3. The van der Waals surface area contributed by atoms with Gasteiger partial charge < -0.3 is 10.1 Å². The molecular weight excluding hydrogens is 368 g/mol. The highest BCUT2D eigenvalue weighted by Crippen LogP contribution is 2.42. The van der Waals surface area contributed by atoms with E-state index in [4.69, 9.17) is 4.74 Å². The van der Waals surface area contributed by atoms with Crippen molar-refractivity contribution in [2.24, 2.45) is 0 Å².